The zero-order valence-electron chi connectivity index (χ0n) is 15.1. The minimum Gasteiger partial charge on any atom is -0.326 e. The molecular weight excluding hydrogens is 324 g/mol. The quantitative estimate of drug-likeness (QED) is 0.858. The third-order valence-corrected chi connectivity index (χ3v) is 5.69. The highest BCUT2D eigenvalue weighted by atomic mass is 16.2. The van der Waals surface area contributed by atoms with Gasteiger partial charge in [-0.3, -0.25) is 9.59 Å². The normalized spacial score (nSPS) is 21.8. The van der Waals surface area contributed by atoms with Crippen LogP contribution in [-0.2, 0) is 28.9 Å². The first-order valence-corrected chi connectivity index (χ1v) is 9.34. The Hall–Kier alpha value is -2.62. The van der Waals surface area contributed by atoms with Crippen molar-refractivity contribution < 1.29 is 9.59 Å². The van der Waals surface area contributed by atoms with E-state index in [0.29, 0.717) is 6.42 Å². The summed E-state index contributed by atoms with van der Waals surface area (Å²) in [4.78, 5) is 24.8. The smallest absolute Gasteiger partial charge is 0.230 e. The summed E-state index contributed by atoms with van der Waals surface area (Å²) >= 11 is 0. The van der Waals surface area contributed by atoms with Crippen LogP contribution in [-0.4, -0.2) is 11.8 Å². The lowest BCUT2D eigenvalue weighted by Gasteiger charge is -2.33. The van der Waals surface area contributed by atoms with Crippen molar-refractivity contribution >= 4 is 23.2 Å². The van der Waals surface area contributed by atoms with Gasteiger partial charge in [0.1, 0.15) is 0 Å². The van der Waals surface area contributed by atoms with Gasteiger partial charge in [0.05, 0.1) is 5.41 Å². The molecule has 2 aliphatic rings. The second-order valence-electron chi connectivity index (χ2n) is 7.73. The number of amides is 2. The van der Waals surface area contributed by atoms with E-state index in [-0.39, 0.29) is 11.8 Å². The zero-order chi connectivity index (χ0) is 18.1. The van der Waals surface area contributed by atoms with Crippen molar-refractivity contribution in [2.45, 2.75) is 45.4 Å². The Morgan fingerprint density at radius 1 is 1.04 bits per heavy atom. The molecule has 2 aromatic rings. The summed E-state index contributed by atoms with van der Waals surface area (Å²) in [6.45, 7) is 2.05. The van der Waals surface area contributed by atoms with Gasteiger partial charge in [0.25, 0.3) is 0 Å². The molecule has 26 heavy (non-hydrogen) atoms. The molecule has 0 spiro atoms. The van der Waals surface area contributed by atoms with Crippen molar-refractivity contribution in [2.75, 3.05) is 10.6 Å². The highest BCUT2D eigenvalue weighted by Crippen LogP contribution is 2.36. The maximum absolute atomic E-state index is 13.0. The molecule has 0 saturated heterocycles. The van der Waals surface area contributed by atoms with Crippen molar-refractivity contribution in [1.82, 2.24) is 0 Å². The number of hydrogen-bond donors (Lipinski definition) is 2. The lowest BCUT2D eigenvalue weighted by molar-refractivity contribution is -0.125. The number of carbonyl (C=O) groups excluding carboxylic acids is 2. The fourth-order valence-corrected chi connectivity index (χ4v) is 4.01. The molecule has 4 heteroatoms. The van der Waals surface area contributed by atoms with Crippen molar-refractivity contribution in [3.8, 4) is 0 Å². The maximum atomic E-state index is 13.0. The first kappa shape index (κ1) is 16.8. The number of rotatable bonds is 2. The average molecular weight is 348 g/mol. The summed E-state index contributed by atoms with van der Waals surface area (Å²) in [7, 11) is 0. The van der Waals surface area contributed by atoms with Gasteiger partial charge in [0, 0.05) is 17.8 Å². The summed E-state index contributed by atoms with van der Waals surface area (Å²) in [5, 5.41) is 6.03. The molecule has 0 fully saturated rings. The number of anilines is 2. The van der Waals surface area contributed by atoms with Crippen LogP contribution in [0.4, 0.5) is 11.4 Å². The molecule has 1 aliphatic heterocycles. The Labute approximate surface area is 154 Å². The standard InChI is InChI=1S/C22H24N2O2/c1-22(12-11-15-5-2-3-6-17(15)14-22)21(26)23-18-10-9-16-7-4-8-20(25)24-19(16)13-18/h2-3,5-6,9-10,13H,4,7-8,11-12,14H2,1H3,(H,23,26)(H,24,25). The van der Waals surface area contributed by atoms with E-state index in [1.165, 1.54) is 11.1 Å². The fraction of sp³-hybridized carbons (Fsp3) is 0.364. The predicted molar refractivity (Wildman–Crippen MR) is 103 cm³/mol. The van der Waals surface area contributed by atoms with E-state index in [1.807, 2.05) is 31.2 Å². The fourth-order valence-electron chi connectivity index (χ4n) is 4.01. The maximum Gasteiger partial charge on any atom is 0.230 e. The number of hydrogen-bond acceptors (Lipinski definition) is 2. The number of aryl methyl sites for hydroxylation is 2. The summed E-state index contributed by atoms with van der Waals surface area (Å²) in [6.07, 6.45) is 4.83. The summed E-state index contributed by atoms with van der Waals surface area (Å²) in [5.74, 6) is 0.0926. The van der Waals surface area contributed by atoms with Gasteiger partial charge in [-0.15, -0.1) is 0 Å². The Kier molecular flexibility index (Phi) is 4.27. The second-order valence-corrected chi connectivity index (χ2v) is 7.73. The van der Waals surface area contributed by atoms with Crippen LogP contribution in [0, 0.1) is 5.41 Å². The van der Waals surface area contributed by atoms with Gasteiger partial charge in [0.15, 0.2) is 0 Å². The molecule has 0 bridgehead atoms. The van der Waals surface area contributed by atoms with Gasteiger partial charge < -0.3 is 10.6 Å². The van der Waals surface area contributed by atoms with Crippen LogP contribution in [0.25, 0.3) is 0 Å². The van der Waals surface area contributed by atoms with Gasteiger partial charge in [-0.1, -0.05) is 37.3 Å². The number of nitrogens with one attached hydrogen (secondary N) is 2. The monoisotopic (exact) mass is 348 g/mol. The molecule has 2 N–H and O–H groups in total. The largest absolute Gasteiger partial charge is 0.326 e. The molecule has 2 amide bonds. The molecule has 1 unspecified atom stereocenters. The Morgan fingerprint density at radius 3 is 2.69 bits per heavy atom. The topological polar surface area (TPSA) is 58.2 Å². The summed E-state index contributed by atoms with van der Waals surface area (Å²) < 4.78 is 0. The lowest BCUT2D eigenvalue weighted by atomic mass is 9.72. The molecule has 1 heterocycles. The lowest BCUT2D eigenvalue weighted by Crippen LogP contribution is -2.38. The molecule has 0 radical (unpaired) electrons. The van der Waals surface area contributed by atoms with Crippen molar-refractivity contribution in [2.24, 2.45) is 5.41 Å². The van der Waals surface area contributed by atoms with Gasteiger partial charge in [-0.2, -0.15) is 0 Å². The van der Waals surface area contributed by atoms with Crippen molar-refractivity contribution in [1.29, 1.82) is 0 Å². The third kappa shape index (κ3) is 3.24. The molecule has 4 nitrogen and oxygen atoms in total. The molecular formula is C22H24N2O2. The second kappa shape index (κ2) is 6.60. The van der Waals surface area contributed by atoms with E-state index in [9.17, 15) is 9.59 Å². The molecule has 4 rings (SSSR count). The first-order chi connectivity index (χ1) is 12.5. The molecule has 1 atom stereocenters. The number of fused-ring (bicyclic) bond motifs is 2. The molecule has 134 valence electrons. The SMILES string of the molecule is CC1(C(=O)Nc2ccc3c(c2)NC(=O)CCC3)CCc2ccccc2C1. The van der Waals surface area contributed by atoms with Gasteiger partial charge >= 0.3 is 0 Å². The minimum absolute atomic E-state index is 0.0445. The van der Waals surface area contributed by atoms with E-state index in [4.69, 9.17) is 0 Å². The molecule has 0 saturated carbocycles. The predicted octanol–water partition coefficient (Wildman–Crippen LogP) is 4.10. The molecule has 0 aromatic heterocycles. The average Bonchev–Trinajstić information content (AvgIpc) is 2.81. The van der Waals surface area contributed by atoms with Crippen LogP contribution < -0.4 is 10.6 Å². The Morgan fingerprint density at radius 2 is 1.85 bits per heavy atom. The summed E-state index contributed by atoms with van der Waals surface area (Å²) in [6, 6.07) is 14.2. The van der Waals surface area contributed by atoms with Gasteiger partial charge in [0.2, 0.25) is 11.8 Å². The van der Waals surface area contributed by atoms with Crippen LogP contribution in [0.2, 0.25) is 0 Å². The highest BCUT2D eigenvalue weighted by molar-refractivity contribution is 5.97. The number of carbonyl (C=O) groups is 2. The van der Waals surface area contributed by atoms with E-state index in [0.717, 1.165) is 49.0 Å². The van der Waals surface area contributed by atoms with E-state index in [2.05, 4.69) is 28.8 Å². The molecule has 2 aromatic carbocycles. The van der Waals surface area contributed by atoms with E-state index >= 15 is 0 Å². The van der Waals surface area contributed by atoms with Crippen LogP contribution in [0.1, 0.15) is 42.9 Å². The van der Waals surface area contributed by atoms with Crippen LogP contribution in [0.5, 0.6) is 0 Å². The van der Waals surface area contributed by atoms with Crippen molar-refractivity contribution in [3.05, 3.63) is 59.2 Å². The Bertz CT molecular complexity index is 874. The number of benzene rings is 2. The Balaban J connectivity index is 1.53. The van der Waals surface area contributed by atoms with Crippen molar-refractivity contribution in [3.63, 3.8) is 0 Å². The van der Waals surface area contributed by atoms with Gasteiger partial charge in [-0.25, -0.2) is 0 Å². The van der Waals surface area contributed by atoms with Crippen LogP contribution in [0.15, 0.2) is 42.5 Å². The van der Waals surface area contributed by atoms with Crippen LogP contribution in [0.3, 0.4) is 0 Å². The third-order valence-electron chi connectivity index (χ3n) is 5.69. The minimum atomic E-state index is -0.412. The summed E-state index contributed by atoms with van der Waals surface area (Å²) in [5.41, 5.74) is 4.91. The van der Waals surface area contributed by atoms with E-state index < -0.39 is 5.41 Å². The first-order valence-electron chi connectivity index (χ1n) is 9.34. The van der Waals surface area contributed by atoms with Gasteiger partial charge in [-0.05, 0) is 60.9 Å². The highest BCUT2D eigenvalue weighted by Gasteiger charge is 2.36. The zero-order valence-corrected chi connectivity index (χ0v) is 15.1. The molecule has 1 aliphatic carbocycles. The van der Waals surface area contributed by atoms with E-state index in [1.54, 1.807) is 0 Å². The van der Waals surface area contributed by atoms with Crippen LogP contribution >= 0.6 is 0 Å².